The second kappa shape index (κ2) is 2.34. The second-order valence-corrected chi connectivity index (χ2v) is 3.27. The molecule has 1 N–H and O–H groups in total. The van der Waals surface area contributed by atoms with Gasteiger partial charge in [-0.15, -0.1) is 0 Å². The topological polar surface area (TPSA) is 40.5 Å². The number of hydrogen-bond donors (Lipinski definition) is 1. The molecule has 3 heteroatoms. The van der Waals surface area contributed by atoms with E-state index in [2.05, 4.69) is 12.2 Å². The van der Waals surface area contributed by atoms with Gasteiger partial charge in [-0.05, 0) is 12.3 Å². The zero-order valence-corrected chi connectivity index (χ0v) is 6.23. The van der Waals surface area contributed by atoms with Crippen LogP contribution in [0.15, 0.2) is 12.2 Å². The maximum atomic E-state index is 10.4. The van der Waals surface area contributed by atoms with Crippen LogP contribution in [0.25, 0.3) is 0 Å². The SMILES string of the molecule is O=C(O)CN1CC2C=CC1C2. The molecule has 60 valence electrons. The Morgan fingerprint density at radius 1 is 1.64 bits per heavy atom. The molecule has 0 aromatic carbocycles. The molecular formula is C8H11NO2. The summed E-state index contributed by atoms with van der Waals surface area (Å²) in [6.45, 7) is 1.14. The molecule has 3 nitrogen and oxygen atoms in total. The van der Waals surface area contributed by atoms with Gasteiger partial charge in [0.15, 0.2) is 0 Å². The number of carboxylic acids is 1. The van der Waals surface area contributed by atoms with E-state index in [1.807, 2.05) is 4.90 Å². The summed E-state index contributed by atoms with van der Waals surface area (Å²) in [5.41, 5.74) is 0. The highest BCUT2D eigenvalue weighted by atomic mass is 16.4. The third-order valence-electron chi connectivity index (χ3n) is 2.43. The molecule has 2 aliphatic rings. The monoisotopic (exact) mass is 153 g/mol. The molecule has 1 fully saturated rings. The summed E-state index contributed by atoms with van der Waals surface area (Å²) in [7, 11) is 0. The molecular weight excluding hydrogens is 142 g/mol. The Labute approximate surface area is 65.3 Å². The number of carboxylic acid groups (broad SMARTS) is 1. The number of nitrogens with zero attached hydrogens (tertiary/aromatic N) is 1. The van der Waals surface area contributed by atoms with Crippen molar-refractivity contribution in [2.24, 2.45) is 5.92 Å². The number of aliphatic carboxylic acids is 1. The van der Waals surface area contributed by atoms with Crippen LogP contribution < -0.4 is 0 Å². The number of fused-ring (bicyclic) bond motifs is 2. The molecule has 0 aromatic rings. The molecule has 2 unspecified atom stereocenters. The smallest absolute Gasteiger partial charge is 0.317 e. The van der Waals surface area contributed by atoms with Gasteiger partial charge in [-0.3, -0.25) is 9.69 Å². The molecule has 1 aliphatic heterocycles. The van der Waals surface area contributed by atoms with Gasteiger partial charge in [-0.2, -0.15) is 0 Å². The van der Waals surface area contributed by atoms with Crippen LogP contribution in [-0.2, 0) is 4.79 Å². The Hall–Kier alpha value is -0.830. The standard InChI is InChI=1S/C8H11NO2/c10-8(11)5-9-4-6-1-2-7(9)3-6/h1-2,6-7H,3-5H2,(H,10,11). The first-order valence-electron chi connectivity index (χ1n) is 3.90. The third kappa shape index (κ3) is 1.16. The van der Waals surface area contributed by atoms with Crippen LogP contribution in [0.2, 0.25) is 0 Å². The first-order chi connectivity index (χ1) is 5.25. The minimum absolute atomic E-state index is 0.200. The summed E-state index contributed by atoms with van der Waals surface area (Å²) < 4.78 is 0. The third-order valence-corrected chi connectivity index (χ3v) is 2.43. The van der Waals surface area contributed by atoms with Crippen LogP contribution in [-0.4, -0.2) is 35.1 Å². The maximum absolute atomic E-state index is 10.4. The van der Waals surface area contributed by atoms with E-state index in [0.29, 0.717) is 12.0 Å². The molecule has 2 atom stereocenters. The van der Waals surface area contributed by atoms with Gasteiger partial charge in [0.25, 0.3) is 0 Å². The highest BCUT2D eigenvalue weighted by molar-refractivity contribution is 5.69. The van der Waals surface area contributed by atoms with Crippen molar-refractivity contribution in [2.75, 3.05) is 13.1 Å². The van der Waals surface area contributed by atoms with Crippen molar-refractivity contribution in [1.82, 2.24) is 4.90 Å². The number of hydrogen-bond acceptors (Lipinski definition) is 2. The molecule has 11 heavy (non-hydrogen) atoms. The summed E-state index contributed by atoms with van der Waals surface area (Å²) in [6.07, 6.45) is 5.45. The van der Waals surface area contributed by atoms with Crippen LogP contribution >= 0.6 is 0 Å². The molecule has 0 radical (unpaired) electrons. The average molecular weight is 153 g/mol. The van der Waals surface area contributed by atoms with Crippen LogP contribution in [0.3, 0.4) is 0 Å². The van der Waals surface area contributed by atoms with Crippen molar-refractivity contribution in [3.8, 4) is 0 Å². The van der Waals surface area contributed by atoms with E-state index in [1.165, 1.54) is 0 Å². The lowest BCUT2D eigenvalue weighted by molar-refractivity contribution is -0.138. The molecule has 2 rings (SSSR count). The van der Waals surface area contributed by atoms with E-state index < -0.39 is 5.97 Å². The van der Waals surface area contributed by atoms with Crippen molar-refractivity contribution in [2.45, 2.75) is 12.5 Å². The molecule has 0 amide bonds. The second-order valence-electron chi connectivity index (χ2n) is 3.27. The van der Waals surface area contributed by atoms with E-state index in [0.717, 1.165) is 13.0 Å². The summed E-state index contributed by atoms with van der Waals surface area (Å²) in [6, 6.07) is 0.413. The van der Waals surface area contributed by atoms with Gasteiger partial charge in [0, 0.05) is 12.6 Å². The average Bonchev–Trinajstić information content (AvgIpc) is 2.45. The molecule has 1 heterocycles. The van der Waals surface area contributed by atoms with Gasteiger partial charge in [0.1, 0.15) is 0 Å². The van der Waals surface area contributed by atoms with Crippen molar-refractivity contribution >= 4 is 5.97 Å². The molecule has 2 bridgehead atoms. The molecule has 1 aliphatic carbocycles. The molecule has 0 aromatic heterocycles. The van der Waals surface area contributed by atoms with E-state index in [1.54, 1.807) is 0 Å². The van der Waals surface area contributed by atoms with E-state index in [-0.39, 0.29) is 6.54 Å². The van der Waals surface area contributed by atoms with Gasteiger partial charge in [0.2, 0.25) is 0 Å². The Kier molecular flexibility index (Phi) is 1.46. The fraction of sp³-hybridized carbons (Fsp3) is 0.625. The van der Waals surface area contributed by atoms with Crippen LogP contribution in [0.1, 0.15) is 6.42 Å². The Morgan fingerprint density at radius 2 is 2.45 bits per heavy atom. The summed E-state index contributed by atoms with van der Waals surface area (Å²) in [5.74, 6) is -0.0923. The molecule has 0 saturated carbocycles. The predicted molar refractivity (Wildman–Crippen MR) is 40.2 cm³/mol. The Balaban J connectivity index is 1.98. The van der Waals surface area contributed by atoms with E-state index >= 15 is 0 Å². The largest absolute Gasteiger partial charge is 0.480 e. The van der Waals surface area contributed by atoms with Crippen LogP contribution in [0.5, 0.6) is 0 Å². The highest BCUT2D eigenvalue weighted by Gasteiger charge is 2.34. The lowest BCUT2D eigenvalue weighted by atomic mass is 10.2. The summed E-state index contributed by atoms with van der Waals surface area (Å²) >= 11 is 0. The van der Waals surface area contributed by atoms with Gasteiger partial charge >= 0.3 is 5.97 Å². The summed E-state index contributed by atoms with van der Waals surface area (Å²) in [4.78, 5) is 12.4. The van der Waals surface area contributed by atoms with Gasteiger partial charge in [0.05, 0.1) is 6.54 Å². The lowest BCUT2D eigenvalue weighted by Gasteiger charge is -2.20. The zero-order chi connectivity index (χ0) is 7.84. The first kappa shape index (κ1) is 6.85. The van der Waals surface area contributed by atoms with E-state index in [4.69, 9.17) is 5.11 Å². The minimum atomic E-state index is -0.717. The quantitative estimate of drug-likeness (QED) is 0.581. The number of rotatable bonds is 2. The van der Waals surface area contributed by atoms with Crippen molar-refractivity contribution in [1.29, 1.82) is 0 Å². The van der Waals surface area contributed by atoms with Crippen molar-refractivity contribution < 1.29 is 9.90 Å². The predicted octanol–water partition coefficient (Wildman–Crippen LogP) is 0.331. The number of carbonyl (C=O) groups is 1. The zero-order valence-electron chi connectivity index (χ0n) is 6.23. The van der Waals surface area contributed by atoms with Crippen LogP contribution in [0, 0.1) is 5.92 Å². The Morgan fingerprint density at radius 3 is 2.91 bits per heavy atom. The Bertz CT molecular complexity index is 212. The minimum Gasteiger partial charge on any atom is -0.480 e. The fourth-order valence-electron chi connectivity index (χ4n) is 1.95. The van der Waals surface area contributed by atoms with Crippen LogP contribution in [0.4, 0.5) is 0 Å². The normalized spacial score (nSPS) is 34.9. The summed E-state index contributed by atoms with van der Waals surface area (Å²) in [5, 5.41) is 8.54. The maximum Gasteiger partial charge on any atom is 0.317 e. The molecule has 0 spiro atoms. The fourth-order valence-corrected chi connectivity index (χ4v) is 1.95. The van der Waals surface area contributed by atoms with Gasteiger partial charge in [-0.1, -0.05) is 12.2 Å². The van der Waals surface area contributed by atoms with Crippen molar-refractivity contribution in [3.63, 3.8) is 0 Å². The van der Waals surface area contributed by atoms with Crippen molar-refractivity contribution in [3.05, 3.63) is 12.2 Å². The highest BCUT2D eigenvalue weighted by Crippen LogP contribution is 2.30. The number of likely N-dealkylation sites (tertiary alicyclic amines) is 1. The van der Waals surface area contributed by atoms with Gasteiger partial charge in [-0.25, -0.2) is 0 Å². The van der Waals surface area contributed by atoms with E-state index in [9.17, 15) is 4.79 Å². The lowest BCUT2D eigenvalue weighted by Crippen LogP contribution is -2.34. The molecule has 1 saturated heterocycles. The first-order valence-corrected chi connectivity index (χ1v) is 3.90. The van der Waals surface area contributed by atoms with Gasteiger partial charge < -0.3 is 5.11 Å².